The Morgan fingerprint density at radius 3 is 2.22 bits per heavy atom. The third-order valence-electron chi connectivity index (χ3n) is 7.66. The molecule has 1 fully saturated rings. The van der Waals surface area contributed by atoms with Crippen molar-refractivity contribution >= 4 is 29.3 Å². The molecule has 3 amide bonds. The van der Waals surface area contributed by atoms with E-state index in [4.69, 9.17) is 0 Å². The highest BCUT2D eigenvalue weighted by atomic mass is 19.3. The third-order valence-corrected chi connectivity index (χ3v) is 7.66. The van der Waals surface area contributed by atoms with Crippen LogP contribution in [0, 0.1) is 0 Å². The van der Waals surface area contributed by atoms with E-state index in [1.165, 1.54) is 35.8 Å². The molecule has 2 aliphatic rings. The number of carbonyl (C=O) groups is 2. The molecule has 234 valence electrons. The maximum Gasteiger partial charge on any atom is 0.507 e. The number of halogens is 4. The molecule has 0 radical (unpaired) electrons. The molecule has 0 unspecified atom stereocenters. The molecule has 1 aliphatic heterocycles. The van der Waals surface area contributed by atoms with Gasteiger partial charge in [0, 0.05) is 23.0 Å². The summed E-state index contributed by atoms with van der Waals surface area (Å²) in [5.41, 5.74) is 2.73. The van der Waals surface area contributed by atoms with Crippen molar-refractivity contribution in [3.63, 3.8) is 0 Å². The van der Waals surface area contributed by atoms with Gasteiger partial charge in [-0.1, -0.05) is 48.6 Å². The van der Waals surface area contributed by atoms with Gasteiger partial charge in [-0.15, -0.1) is 5.10 Å². The molecule has 1 aromatic heterocycles. The lowest BCUT2D eigenvalue weighted by Crippen LogP contribution is -2.52. The average molecular weight is 626 g/mol. The second-order valence-electron chi connectivity index (χ2n) is 10.7. The normalized spacial score (nSPS) is 16.9. The Balaban J connectivity index is 1.23. The van der Waals surface area contributed by atoms with Gasteiger partial charge >= 0.3 is 18.2 Å². The number of hydrogen-bond donors (Lipinski definition) is 3. The molecule has 1 saturated carbocycles. The topological polar surface area (TPSA) is 134 Å². The lowest BCUT2D eigenvalue weighted by molar-refractivity contribution is -0.391. The van der Waals surface area contributed by atoms with Gasteiger partial charge in [0.05, 0.1) is 6.54 Å². The summed E-state index contributed by atoms with van der Waals surface area (Å²) in [5, 5.41) is 18.1. The summed E-state index contributed by atoms with van der Waals surface area (Å²) < 4.78 is 63.0. The summed E-state index contributed by atoms with van der Waals surface area (Å²) in [7, 11) is 0. The van der Waals surface area contributed by atoms with Crippen LogP contribution in [-0.2, 0) is 6.54 Å². The van der Waals surface area contributed by atoms with Crippen LogP contribution in [0.25, 0.3) is 0 Å². The van der Waals surface area contributed by atoms with Crippen LogP contribution in [0.2, 0.25) is 0 Å². The van der Waals surface area contributed by atoms with Gasteiger partial charge in [-0.05, 0) is 71.5 Å². The molecule has 3 aromatic carbocycles. The number of benzene rings is 3. The number of H-pyrrole nitrogens is 1. The van der Waals surface area contributed by atoms with Crippen molar-refractivity contribution in [1.29, 1.82) is 0 Å². The van der Waals surface area contributed by atoms with Gasteiger partial charge in [0.2, 0.25) is 0 Å². The highest BCUT2D eigenvalue weighted by Crippen LogP contribution is 2.47. The molecule has 11 nitrogen and oxygen atoms in total. The van der Waals surface area contributed by atoms with Gasteiger partial charge in [-0.25, -0.2) is 4.79 Å². The van der Waals surface area contributed by atoms with E-state index < -0.39 is 35.7 Å². The zero-order valence-electron chi connectivity index (χ0n) is 23.6. The van der Waals surface area contributed by atoms with E-state index >= 15 is 0 Å². The number of fused-ring (bicyclic) bond motifs is 1. The maximum absolute atomic E-state index is 13.8. The molecule has 4 aromatic rings. The van der Waals surface area contributed by atoms with Crippen LogP contribution < -0.4 is 25.0 Å². The van der Waals surface area contributed by atoms with Crippen LogP contribution in [0.5, 0.6) is 11.5 Å². The SMILES string of the molecule is O=C(Nc1nn[nH]n1)c1ccc(CN(C(=O)Nc2ccc3c(c2)OC(F)(F)C(F)(F)O3)c2ccc(C3CCCCC3)cc2)cc1. The van der Waals surface area contributed by atoms with Gasteiger partial charge in [-0.2, -0.15) is 22.8 Å². The predicted octanol–water partition coefficient (Wildman–Crippen LogP) is 6.70. The average Bonchev–Trinajstić information content (AvgIpc) is 3.54. The minimum absolute atomic E-state index is 0.0140. The molecule has 45 heavy (non-hydrogen) atoms. The predicted molar refractivity (Wildman–Crippen MR) is 154 cm³/mol. The highest BCUT2D eigenvalue weighted by Gasteiger charge is 2.66. The number of tetrazole rings is 1. The Hall–Kier alpha value is -5.21. The van der Waals surface area contributed by atoms with Crippen LogP contribution >= 0.6 is 0 Å². The Labute approximate surface area is 253 Å². The number of aromatic nitrogens is 4. The summed E-state index contributed by atoms with van der Waals surface area (Å²) in [6.45, 7) is 0.0657. The van der Waals surface area contributed by atoms with Crippen LogP contribution in [-0.4, -0.2) is 44.8 Å². The lowest BCUT2D eigenvalue weighted by atomic mass is 9.84. The third kappa shape index (κ3) is 6.51. The Kier molecular flexibility index (Phi) is 7.99. The number of anilines is 3. The Bertz CT molecular complexity index is 1660. The van der Waals surface area contributed by atoms with Crippen molar-refractivity contribution in [2.24, 2.45) is 0 Å². The molecule has 0 saturated heterocycles. The number of nitrogens with one attached hydrogen (secondary N) is 3. The Morgan fingerprint density at radius 1 is 0.867 bits per heavy atom. The Morgan fingerprint density at radius 2 is 1.56 bits per heavy atom. The quantitative estimate of drug-likeness (QED) is 0.195. The van der Waals surface area contributed by atoms with E-state index in [0.29, 0.717) is 22.7 Å². The van der Waals surface area contributed by atoms with Crippen molar-refractivity contribution in [3.8, 4) is 11.5 Å². The maximum atomic E-state index is 13.8. The number of urea groups is 1. The number of amides is 3. The molecular weight excluding hydrogens is 598 g/mol. The van der Waals surface area contributed by atoms with Crippen molar-refractivity contribution in [2.45, 2.75) is 56.8 Å². The summed E-state index contributed by atoms with van der Waals surface area (Å²) >= 11 is 0. The van der Waals surface area contributed by atoms with Crippen LogP contribution in [0.4, 0.5) is 39.7 Å². The van der Waals surface area contributed by atoms with Crippen molar-refractivity contribution in [3.05, 3.63) is 83.4 Å². The van der Waals surface area contributed by atoms with Crippen LogP contribution in [0.15, 0.2) is 66.7 Å². The number of aromatic amines is 1. The number of hydrogen-bond acceptors (Lipinski definition) is 7. The lowest BCUT2D eigenvalue weighted by Gasteiger charge is -2.32. The van der Waals surface area contributed by atoms with Crippen molar-refractivity contribution in [1.82, 2.24) is 20.6 Å². The summed E-state index contributed by atoms with van der Waals surface area (Å²) in [6.07, 6.45) is -3.99. The number of carbonyl (C=O) groups excluding carboxylic acids is 2. The largest absolute Gasteiger partial charge is 0.507 e. The first kappa shape index (κ1) is 29.8. The number of rotatable bonds is 7. The molecule has 0 atom stereocenters. The highest BCUT2D eigenvalue weighted by molar-refractivity contribution is 6.03. The summed E-state index contributed by atoms with van der Waals surface area (Å²) in [5.74, 6) is -1.24. The number of nitrogens with zero attached hydrogens (tertiary/aromatic N) is 4. The first-order valence-corrected chi connectivity index (χ1v) is 14.2. The molecule has 2 heterocycles. The van der Waals surface area contributed by atoms with Crippen LogP contribution in [0.1, 0.15) is 59.5 Å². The van der Waals surface area contributed by atoms with Gasteiger partial charge in [-0.3, -0.25) is 15.0 Å². The fraction of sp³-hybridized carbons (Fsp3) is 0.300. The van der Waals surface area contributed by atoms with E-state index in [1.54, 1.807) is 24.3 Å². The molecule has 0 spiro atoms. The van der Waals surface area contributed by atoms with E-state index in [1.807, 2.05) is 24.3 Å². The standard InChI is InChI=1S/C30H27F4N7O4/c31-29(32)30(33,34)45-25-16-22(12-15-24(25)44-29)35-28(43)41(23-13-10-20(11-14-23)19-4-2-1-3-5-19)17-18-6-8-21(9-7-18)26(42)36-27-37-39-40-38-27/h6-16,19H,1-5,17H2,(H,35,43)(H2,36,37,38,39,40,42). The van der Waals surface area contributed by atoms with E-state index in [0.717, 1.165) is 25.0 Å². The monoisotopic (exact) mass is 625 g/mol. The molecule has 0 bridgehead atoms. The summed E-state index contributed by atoms with van der Waals surface area (Å²) in [6, 6.07) is 16.7. The first-order chi connectivity index (χ1) is 21.6. The fourth-order valence-electron chi connectivity index (χ4n) is 5.31. The second-order valence-corrected chi connectivity index (χ2v) is 10.7. The summed E-state index contributed by atoms with van der Waals surface area (Å²) in [4.78, 5) is 27.6. The van der Waals surface area contributed by atoms with Crippen molar-refractivity contribution in [2.75, 3.05) is 15.5 Å². The minimum atomic E-state index is -4.90. The number of alkyl halides is 4. The van der Waals surface area contributed by atoms with Gasteiger partial charge < -0.3 is 14.8 Å². The van der Waals surface area contributed by atoms with Gasteiger partial charge in [0.25, 0.3) is 11.9 Å². The van der Waals surface area contributed by atoms with E-state index in [2.05, 4.69) is 40.7 Å². The zero-order valence-corrected chi connectivity index (χ0v) is 23.6. The van der Waals surface area contributed by atoms with Gasteiger partial charge in [0.15, 0.2) is 11.5 Å². The number of ether oxygens (including phenoxy) is 2. The molecule has 3 N–H and O–H groups in total. The molecule has 1 aliphatic carbocycles. The van der Waals surface area contributed by atoms with Gasteiger partial charge in [0.1, 0.15) is 0 Å². The van der Waals surface area contributed by atoms with E-state index in [-0.39, 0.29) is 18.2 Å². The van der Waals surface area contributed by atoms with Crippen molar-refractivity contribution < 1.29 is 36.6 Å². The molecule has 15 heteroatoms. The molecular formula is C30H27F4N7O4. The smallest absolute Gasteiger partial charge is 0.421 e. The zero-order chi connectivity index (χ0) is 31.6. The van der Waals surface area contributed by atoms with Crippen LogP contribution in [0.3, 0.4) is 0 Å². The first-order valence-electron chi connectivity index (χ1n) is 14.2. The van der Waals surface area contributed by atoms with E-state index in [9.17, 15) is 27.2 Å². The second kappa shape index (κ2) is 12.1. The fourth-order valence-corrected chi connectivity index (χ4v) is 5.31. The minimum Gasteiger partial charge on any atom is -0.421 e. The molecule has 6 rings (SSSR count).